The van der Waals surface area contributed by atoms with Gasteiger partial charge in [-0.05, 0) is 74.4 Å². The number of halogens is 2. The molecule has 11 heteroatoms. The van der Waals surface area contributed by atoms with Crippen molar-refractivity contribution < 1.29 is 22.7 Å². The van der Waals surface area contributed by atoms with Gasteiger partial charge < -0.3 is 15.0 Å². The second-order valence-corrected chi connectivity index (χ2v) is 11.8. The minimum atomic E-state index is -4.18. The van der Waals surface area contributed by atoms with Crippen molar-refractivity contribution >= 4 is 50.7 Å². The predicted molar refractivity (Wildman–Crippen MR) is 158 cm³/mol. The number of hydrogen-bond acceptors (Lipinski definition) is 5. The largest absolute Gasteiger partial charge is 0.497 e. The number of carbonyl (C=O) groups is 2. The number of hydrogen-bond donors (Lipinski definition) is 1. The molecule has 0 saturated heterocycles. The summed E-state index contributed by atoms with van der Waals surface area (Å²) >= 11 is 12.3. The first-order valence-electron chi connectivity index (χ1n) is 12.8. The van der Waals surface area contributed by atoms with Crippen LogP contribution in [0.1, 0.15) is 31.4 Å². The van der Waals surface area contributed by atoms with E-state index in [4.69, 9.17) is 27.9 Å². The third-order valence-corrected chi connectivity index (χ3v) is 8.85. The van der Waals surface area contributed by atoms with Crippen molar-refractivity contribution in [2.75, 3.05) is 24.5 Å². The Balaban J connectivity index is 2.06. The van der Waals surface area contributed by atoms with Crippen LogP contribution < -0.4 is 14.4 Å². The molecule has 0 heterocycles. The monoisotopic (exact) mass is 605 g/mol. The number of rotatable bonds is 12. The molecule has 3 rings (SSSR count). The van der Waals surface area contributed by atoms with Crippen LogP contribution in [0.5, 0.6) is 5.75 Å². The Labute approximate surface area is 245 Å². The second-order valence-electron chi connectivity index (χ2n) is 9.11. The van der Waals surface area contributed by atoms with Gasteiger partial charge in [-0.3, -0.25) is 13.9 Å². The zero-order valence-electron chi connectivity index (χ0n) is 22.9. The van der Waals surface area contributed by atoms with E-state index in [2.05, 4.69) is 5.32 Å². The SMILES string of the molecule is CCNC(=O)[C@@H](CC)N(Cc1ccc(Cl)c(Cl)c1)C(=O)CN(c1ccc(C)cc1)S(=O)(=O)c1ccc(OC)cc1. The summed E-state index contributed by atoms with van der Waals surface area (Å²) in [5.74, 6) is -0.391. The molecule has 0 aromatic heterocycles. The van der Waals surface area contributed by atoms with Crippen molar-refractivity contribution in [3.8, 4) is 5.75 Å². The highest BCUT2D eigenvalue weighted by Gasteiger charge is 2.33. The van der Waals surface area contributed by atoms with Crippen LogP contribution in [0.2, 0.25) is 10.0 Å². The van der Waals surface area contributed by atoms with Gasteiger partial charge in [-0.25, -0.2) is 8.42 Å². The summed E-state index contributed by atoms with van der Waals surface area (Å²) in [6.45, 7) is 5.33. The van der Waals surface area contributed by atoms with Gasteiger partial charge >= 0.3 is 0 Å². The van der Waals surface area contributed by atoms with Crippen LogP contribution in [0.15, 0.2) is 71.6 Å². The molecule has 8 nitrogen and oxygen atoms in total. The molecule has 214 valence electrons. The summed E-state index contributed by atoms with van der Waals surface area (Å²) in [6, 6.07) is 16.9. The van der Waals surface area contributed by atoms with Crippen LogP contribution in [0, 0.1) is 6.92 Å². The number of benzene rings is 3. The first kappa shape index (κ1) is 31.3. The van der Waals surface area contributed by atoms with Crippen LogP contribution in [-0.2, 0) is 26.2 Å². The van der Waals surface area contributed by atoms with Crippen LogP contribution in [0.3, 0.4) is 0 Å². The Kier molecular flexibility index (Phi) is 10.8. The van der Waals surface area contributed by atoms with E-state index < -0.39 is 28.5 Å². The smallest absolute Gasteiger partial charge is 0.264 e. The molecule has 0 aliphatic rings. The Morgan fingerprint density at radius 3 is 2.15 bits per heavy atom. The van der Waals surface area contributed by atoms with Gasteiger partial charge in [0.2, 0.25) is 11.8 Å². The second kappa shape index (κ2) is 13.9. The summed E-state index contributed by atoms with van der Waals surface area (Å²) < 4.78 is 34.0. The number of methoxy groups -OCH3 is 1. The first-order chi connectivity index (χ1) is 19.0. The number of likely N-dealkylation sites (N-methyl/N-ethyl adjacent to an activating group) is 1. The minimum Gasteiger partial charge on any atom is -0.497 e. The predicted octanol–water partition coefficient (Wildman–Crippen LogP) is 5.45. The van der Waals surface area contributed by atoms with Crippen molar-refractivity contribution in [3.05, 3.63) is 87.9 Å². The molecule has 3 aromatic carbocycles. The number of nitrogens with one attached hydrogen (secondary N) is 1. The maximum absolute atomic E-state index is 14.0. The summed E-state index contributed by atoms with van der Waals surface area (Å²) in [5.41, 5.74) is 1.89. The Bertz CT molecular complexity index is 1430. The van der Waals surface area contributed by atoms with Gasteiger partial charge in [-0.15, -0.1) is 0 Å². The van der Waals surface area contributed by atoms with Crippen LogP contribution in [0.25, 0.3) is 0 Å². The quantitative estimate of drug-likeness (QED) is 0.296. The van der Waals surface area contributed by atoms with E-state index in [1.165, 1.54) is 24.1 Å². The number of carbonyl (C=O) groups excluding carboxylic acids is 2. The van der Waals surface area contributed by atoms with E-state index in [0.717, 1.165) is 9.87 Å². The zero-order valence-corrected chi connectivity index (χ0v) is 25.2. The van der Waals surface area contributed by atoms with Crippen molar-refractivity contribution in [3.63, 3.8) is 0 Å². The van der Waals surface area contributed by atoms with Crippen molar-refractivity contribution in [2.24, 2.45) is 0 Å². The lowest BCUT2D eigenvalue weighted by Gasteiger charge is -2.33. The summed E-state index contributed by atoms with van der Waals surface area (Å²) in [7, 11) is -2.69. The molecule has 0 bridgehead atoms. The number of anilines is 1. The van der Waals surface area contributed by atoms with Gasteiger partial charge in [0, 0.05) is 13.1 Å². The summed E-state index contributed by atoms with van der Waals surface area (Å²) in [6.07, 6.45) is 0.314. The van der Waals surface area contributed by atoms with E-state index in [0.29, 0.717) is 40.0 Å². The van der Waals surface area contributed by atoms with E-state index in [1.807, 2.05) is 6.92 Å². The molecule has 0 fully saturated rings. The number of sulfonamides is 1. The molecule has 0 aliphatic carbocycles. The molecule has 0 unspecified atom stereocenters. The fourth-order valence-corrected chi connectivity index (χ4v) is 5.90. The van der Waals surface area contributed by atoms with Crippen LogP contribution in [0.4, 0.5) is 5.69 Å². The molecule has 40 heavy (non-hydrogen) atoms. The average molecular weight is 607 g/mol. The first-order valence-corrected chi connectivity index (χ1v) is 15.0. The van der Waals surface area contributed by atoms with Gasteiger partial charge in [0.05, 0.1) is 27.7 Å². The fourth-order valence-electron chi connectivity index (χ4n) is 4.16. The third-order valence-electron chi connectivity index (χ3n) is 6.32. The molecule has 0 spiro atoms. The summed E-state index contributed by atoms with van der Waals surface area (Å²) in [4.78, 5) is 28.4. The van der Waals surface area contributed by atoms with E-state index >= 15 is 0 Å². The maximum atomic E-state index is 14.0. The number of amides is 2. The third kappa shape index (κ3) is 7.47. The standard InChI is InChI=1S/C29H33Cl2N3O5S/c1-5-27(29(36)32-6-2)33(18-21-9-16-25(30)26(31)17-21)28(35)19-34(22-10-7-20(3)8-11-22)40(37,38)24-14-12-23(39-4)13-15-24/h7-17,27H,5-6,18-19H2,1-4H3,(H,32,36)/t27-/m1/s1. The van der Waals surface area contributed by atoms with Crippen molar-refractivity contribution in [1.29, 1.82) is 0 Å². The lowest BCUT2D eigenvalue weighted by molar-refractivity contribution is -0.140. The van der Waals surface area contributed by atoms with Crippen molar-refractivity contribution in [2.45, 2.75) is 44.7 Å². The molecule has 0 radical (unpaired) electrons. The molecule has 2 amide bonds. The average Bonchev–Trinajstić information content (AvgIpc) is 2.94. The topological polar surface area (TPSA) is 96.0 Å². The highest BCUT2D eigenvalue weighted by atomic mass is 35.5. The normalized spacial score (nSPS) is 11.9. The zero-order chi connectivity index (χ0) is 29.4. The number of aryl methyl sites for hydroxylation is 1. The number of ether oxygens (including phenoxy) is 1. The highest BCUT2D eigenvalue weighted by Crippen LogP contribution is 2.27. The Morgan fingerprint density at radius 1 is 0.950 bits per heavy atom. The Hall–Kier alpha value is -3.27. The highest BCUT2D eigenvalue weighted by molar-refractivity contribution is 7.92. The molecular weight excluding hydrogens is 573 g/mol. The van der Waals surface area contributed by atoms with Crippen LogP contribution >= 0.6 is 23.2 Å². The van der Waals surface area contributed by atoms with Gasteiger partial charge in [0.25, 0.3) is 10.0 Å². The fraction of sp³-hybridized carbons (Fsp3) is 0.310. The minimum absolute atomic E-state index is 0.00604. The van der Waals surface area contributed by atoms with Gasteiger partial charge in [0.15, 0.2) is 0 Å². The lowest BCUT2D eigenvalue weighted by Crippen LogP contribution is -2.52. The van der Waals surface area contributed by atoms with Gasteiger partial charge in [-0.1, -0.05) is 53.9 Å². The summed E-state index contributed by atoms with van der Waals surface area (Å²) in [5, 5.41) is 3.44. The lowest BCUT2D eigenvalue weighted by atomic mass is 10.1. The van der Waals surface area contributed by atoms with Gasteiger partial charge in [0.1, 0.15) is 18.3 Å². The molecule has 1 atom stereocenters. The van der Waals surface area contributed by atoms with Gasteiger partial charge in [-0.2, -0.15) is 0 Å². The molecular formula is C29H33Cl2N3O5S. The Morgan fingerprint density at radius 2 is 1.60 bits per heavy atom. The maximum Gasteiger partial charge on any atom is 0.264 e. The van der Waals surface area contributed by atoms with Crippen LogP contribution in [-0.4, -0.2) is 51.4 Å². The van der Waals surface area contributed by atoms with Crippen molar-refractivity contribution in [1.82, 2.24) is 10.2 Å². The van der Waals surface area contributed by atoms with E-state index in [9.17, 15) is 18.0 Å². The molecule has 1 N–H and O–H groups in total. The number of nitrogens with zero attached hydrogens (tertiary/aromatic N) is 2. The van der Waals surface area contributed by atoms with E-state index in [-0.39, 0.29) is 17.3 Å². The molecule has 0 aliphatic heterocycles. The van der Waals surface area contributed by atoms with E-state index in [1.54, 1.807) is 68.4 Å². The molecule has 3 aromatic rings. The molecule has 0 saturated carbocycles.